The van der Waals surface area contributed by atoms with E-state index in [1.807, 2.05) is 36.4 Å². The molecule has 3 nitrogen and oxygen atoms in total. The summed E-state index contributed by atoms with van der Waals surface area (Å²) >= 11 is 3.49. The number of carbonyl (C=O) groups excluding carboxylic acids is 1. The first kappa shape index (κ1) is 15.1. The second kappa shape index (κ2) is 6.13. The van der Waals surface area contributed by atoms with E-state index in [1.54, 1.807) is 0 Å². The molecule has 0 bridgehead atoms. The fourth-order valence-electron chi connectivity index (χ4n) is 2.74. The minimum absolute atomic E-state index is 0.0840. The van der Waals surface area contributed by atoms with E-state index in [4.69, 9.17) is 5.73 Å². The third-order valence-corrected chi connectivity index (χ3v) is 4.68. The maximum Gasteiger partial charge on any atom is 0.221 e. The Balaban J connectivity index is 1.61. The van der Waals surface area contributed by atoms with Gasteiger partial charge in [0.05, 0.1) is 5.54 Å². The molecule has 1 saturated carbocycles. The third kappa shape index (κ3) is 3.33. The number of benzene rings is 2. The molecule has 2 aromatic carbocycles. The first-order chi connectivity index (χ1) is 10.6. The molecule has 0 saturated heterocycles. The zero-order chi connectivity index (χ0) is 15.6. The minimum atomic E-state index is -0.164. The highest BCUT2D eigenvalue weighted by molar-refractivity contribution is 9.10. The lowest BCUT2D eigenvalue weighted by Crippen LogP contribution is -2.35. The number of rotatable bonds is 5. The van der Waals surface area contributed by atoms with Crippen LogP contribution in [-0.4, -0.2) is 5.91 Å². The Kier molecular flexibility index (Phi) is 4.21. The molecule has 114 valence electrons. The zero-order valence-electron chi connectivity index (χ0n) is 12.3. The van der Waals surface area contributed by atoms with Gasteiger partial charge in [-0.1, -0.05) is 46.3 Å². The van der Waals surface area contributed by atoms with Crippen LogP contribution in [0, 0.1) is 0 Å². The van der Waals surface area contributed by atoms with E-state index < -0.39 is 0 Å². The number of nitrogens with one attached hydrogen (secondary N) is 1. The van der Waals surface area contributed by atoms with Crippen molar-refractivity contribution in [1.29, 1.82) is 0 Å². The normalized spacial score (nSPS) is 15.3. The van der Waals surface area contributed by atoms with Crippen LogP contribution in [0.15, 0.2) is 53.0 Å². The summed E-state index contributed by atoms with van der Waals surface area (Å²) in [5.74, 6) is 0.0840. The van der Waals surface area contributed by atoms with Crippen LogP contribution in [0.4, 0.5) is 5.69 Å². The van der Waals surface area contributed by atoms with Gasteiger partial charge in [0.1, 0.15) is 0 Å². The molecule has 2 aromatic rings. The monoisotopic (exact) mass is 358 g/mol. The van der Waals surface area contributed by atoms with Crippen LogP contribution in [0.5, 0.6) is 0 Å². The number of nitrogens with two attached hydrogens (primary N) is 1. The molecule has 1 amide bonds. The molecular formula is C18H19BrN2O. The van der Waals surface area contributed by atoms with Crippen LogP contribution >= 0.6 is 15.9 Å². The Morgan fingerprint density at radius 3 is 2.64 bits per heavy atom. The van der Waals surface area contributed by atoms with Crippen molar-refractivity contribution in [2.45, 2.75) is 31.2 Å². The number of hydrogen-bond donors (Lipinski definition) is 2. The summed E-state index contributed by atoms with van der Waals surface area (Å²) in [7, 11) is 0. The van der Waals surface area contributed by atoms with Crippen LogP contribution in [0.25, 0.3) is 0 Å². The van der Waals surface area contributed by atoms with Crippen LogP contribution in [-0.2, 0) is 16.8 Å². The summed E-state index contributed by atoms with van der Waals surface area (Å²) in [5.41, 5.74) is 8.71. The van der Waals surface area contributed by atoms with Gasteiger partial charge in [0.2, 0.25) is 5.91 Å². The van der Waals surface area contributed by atoms with E-state index in [9.17, 15) is 4.79 Å². The predicted octanol–water partition coefficient (Wildman–Crippen LogP) is 3.77. The lowest BCUT2D eigenvalue weighted by atomic mass is 10.0. The van der Waals surface area contributed by atoms with Crippen molar-refractivity contribution in [3.8, 4) is 0 Å². The molecule has 1 fully saturated rings. The van der Waals surface area contributed by atoms with E-state index in [-0.39, 0.29) is 11.4 Å². The largest absolute Gasteiger partial charge is 0.399 e. The lowest BCUT2D eigenvalue weighted by molar-refractivity contribution is -0.122. The van der Waals surface area contributed by atoms with Crippen LogP contribution in [0.3, 0.4) is 0 Å². The van der Waals surface area contributed by atoms with Gasteiger partial charge in [-0.3, -0.25) is 4.79 Å². The van der Waals surface area contributed by atoms with E-state index in [1.165, 1.54) is 5.56 Å². The van der Waals surface area contributed by atoms with Gasteiger partial charge in [-0.2, -0.15) is 0 Å². The smallest absolute Gasteiger partial charge is 0.221 e. The topological polar surface area (TPSA) is 55.1 Å². The number of carbonyl (C=O) groups is 1. The Bertz CT molecular complexity index is 695. The van der Waals surface area contributed by atoms with E-state index in [2.05, 4.69) is 33.4 Å². The molecule has 4 heteroatoms. The summed E-state index contributed by atoms with van der Waals surface area (Å²) in [5, 5.41) is 3.20. The molecule has 0 aromatic heterocycles. The zero-order valence-corrected chi connectivity index (χ0v) is 13.9. The number of aryl methyl sites for hydroxylation is 1. The lowest BCUT2D eigenvalue weighted by Gasteiger charge is -2.18. The van der Waals surface area contributed by atoms with E-state index in [0.29, 0.717) is 12.8 Å². The van der Waals surface area contributed by atoms with Gasteiger partial charge in [-0.05, 0) is 48.6 Å². The Labute approximate surface area is 139 Å². The van der Waals surface area contributed by atoms with Gasteiger partial charge < -0.3 is 11.1 Å². The number of hydrogen-bond acceptors (Lipinski definition) is 2. The second-order valence-electron chi connectivity index (χ2n) is 5.84. The minimum Gasteiger partial charge on any atom is -0.399 e. The maximum atomic E-state index is 12.3. The highest BCUT2D eigenvalue weighted by Gasteiger charge is 2.45. The molecule has 3 N–H and O–H groups in total. The maximum absolute atomic E-state index is 12.3. The second-order valence-corrected chi connectivity index (χ2v) is 6.76. The van der Waals surface area contributed by atoms with Gasteiger partial charge in [0, 0.05) is 16.6 Å². The average Bonchev–Trinajstić information content (AvgIpc) is 3.27. The van der Waals surface area contributed by atoms with Crippen LogP contribution in [0.2, 0.25) is 0 Å². The van der Waals surface area contributed by atoms with E-state index >= 15 is 0 Å². The predicted molar refractivity (Wildman–Crippen MR) is 92.4 cm³/mol. The molecule has 0 radical (unpaired) electrons. The number of para-hydroxylation sites is 1. The van der Waals surface area contributed by atoms with Crippen molar-refractivity contribution < 1.29 is 4.79 Å². The van der Waals surface area contributed by atoms with Crippen molar-refractivity contribution in [3.63, 3.8) is 0 Å². The molecule has 0 atom stereocenters. The standard InChI is InChI=1S/C18H19BrN2O/c19-15-6-3-5-14(12-15)18(10-11-18)21-17(22)9-8-13-4-1-2-7-16(13)20/h1-7,12H,8-11,20H2,(H,21,22). The first-order valence-corrected chi connectivity index (χ1v) is 8.29. The Morgan fingerprint density at radius 1 is 1.18 bits per heavy atom. The third-order valence-electron chi connectivity index (χ3n) is 4.18. The fourth-order valence-corrected chi connectivity index (χ4v) is 3.14. The highest BCUT2D eigenvalue weighted by atomic mass is 79.9. The van der Waals surface area contributed by atoms with Crippen molar-refractivity contribution in [3.05, 3.63) is 64.1 Å². The summed E-state index contributed by atoms with van der Waals surface area (Å²) in [6, 6.07) is 15.9. The van der Waals surface area contributed by atoms with Gasteiger partial charge in [0.15, 0.2) is 0 Å². The molecule has 22 heavy (non-hydrogen) atoms. The molecule has 0 heterocycles. The summed E-state index contributed by atoms with van der Waals surface area (Å²) in [4.78, 5) is 12.3. The van der Waals surface area contributed by atoms with Gasteiger partial charge in [0.25, 0.3) is 0 Å². The summed E-state index contributed by atoms with van der Waals surface area (Å²) < 4.78 is 1.04. The molecule has 0 aliphatic heterocycles. The van der Waals surface area contributed by atoms with Crippen molar-refractivity contribution >= 4 is 27.5 Å². The molecular weight excluding hydrogens is 340 g/mol. The first-order valence-electron chi connectivity index (χ1n) is 7.49. The van der Waals surface area contributed by atoms with Crippen molar-refractivity contribution in [2.75, 3.05) is 5.73 Å². The van der Waals surface area contributed by atoms with Gasteiger partial charge in [-0.15, -0.1) is 0 Å². The molecule has 0 spiro atoms. The van der Waals surface area contributed by atoms with Gasteiger partial charge >= 0.3 is 0 Å². The highest BCUT2D eigenvalue weighted by Crippen LogP contribution is 2.46. The number of halogens is 1. The fraction of sp³-hybridized carbons (Fsp3) is 0.278. The van der Waals surface area contributed by atoms with E-state index in [0.717, 1.165) is 28.6 Å². The summed E-state index contributed by atoms with van der Waals surface area (Å²) in [6.45, 7) is 0. The van der Waals surface area contributed by atoms with Crippen LogP contribution in [0.1, 0.15) is 30.4 Å². The molecule has 1 aliphatic rings. The molecule has 1 aliphatic carbocycles. The number of anilines is 1. The Morgan fingerprint density at radius 2 is 1.95 bits per heavy atom. The molecule has 0 unspecified atom stereocenters. The summed E-state index contributed by atoms with van der Waals surface area (Å²) in [6.07, 6.45) is 3.14. The Hall–Kier alpha value is -1.81. The quantitative estimate of drug-likeness (QED) is 0.799. The van der Waals surface area contributed by atoms with Crippen molar-refractivity contribution in [1.82, 2.24) is 5.32 Å². The van der Waals surface area contributed by atoms with Crippen LogP contribution < -0.4 is 11.1 Å². The van der Waals surface area contributed by atoms with Crippen molar-refractivity contribution in [2.24, 2.45) is 0 Å². The average molecular weight is 359 g/mol. The molecule has 3 rings (SSSR count). The number of nitrogen functional groups attached to an aromatic ring is 1. The number of amides is 1. The van der Waals surface area contributed by atoms with Gasteiger partial charge in [-0.25, -0.2) is 0 Å². The SMILES string of the molecule is Nc1ccccc1CCC(=O)NC1(c2cccc(Br)c2)CC1.